The lowest BCUT2D eigenvalue weighted by Crippen LogP contribution is -2.10. The zero-order valence-corrected chi connectivity index (χ0v) is 11.1. The topological polar surface area (TPSA) is 88.0 Å². The van der Waals surface area contributed by atoms with Crippen molar-refractivity contribution in [3.63, 3.8) is 0 Å². The molecular weight excluding hydrogens is 270 g/mol. The summed E-state index contributed by atoms with van der Waals surface area (Å²) in [5, 5.41) is 8.90. The van der Waals surface area contributed by atoms with Crippen molar-refractivity contribution in [3.8, 4) is 11.4 Å². The van der Waals surface area contributed by atoms with Crippen LogP contribution in [-0.2, 0) is 11.3 Å². The van der Waals surface area contributed by atoms with Gasteiger partial charge in [-0.05, 0) is 12.1 Å². The van der Waals surface area contributed by atoms with E-state index in [0.29, 0.717) is 11.4 Å². The highest BCUT2D eigenvalue weighted by Crippen LogP contribution is 2.22. The van der Waals surface area contributed by atoms with Crippen LogP contribution < -0.4 is 5.43 Å². The fraction of sp³-hybridized carbons (Fsp3) is 0.133. The van der Waals surface area contributed by atoms with Crippen LogP contribution in [0.5, 0.6) is 0 Å². The number of hydrogen-bond donors (Lipinski definition) is 2. The number of pyridine rings is 1. The van der Waals surface area contributed by atoms with Crippen molar-refractivity contribution < 1.29 is 9.90 Å². The number of aryl methyl sites for hydroxylation is 1. The lowest BCUT2D eigenvalue weighted by Gasteiger charge is -2.07. The van der Waals surface area contributed by atoms with Gasteiger partial charge in [0.25, 0.3) is 0 Å². The second-order valence-corrected chi connectivity index (χ2v) is 4.64. The summed E-state index contributed by atoms with van der Waals surface area (Å²) in [7, 11) is 0. The first-order valence-electron chi connectivity index (χ1n) is 6.51. The fourth-order valence-corrected chi connectivity index (χ4v) is 2.31. The molecule has 2 N–H and O–H groups in total. The van der Waals surface area contributed by atoms with Gasteiger partial charge in [-0.15, -0.1) is 0 Å². The average Bonchev–Trinajstić information content (AvgIpc) is 2.84. The van der Waals surface area contributed by atoms with Gasteiger partial charge < -0.3 is 14.7 Å². The fourth-order valence-electron chi connectivity index (χ4n) is 2.31. The van der Waals surface area contributed by atoms with E-state index in [4.69, 9.17) is 5.11 Å². The van der Waals surface area contributed by atoms with E-state index in [0.717, 1.165) is 11.0 Å². The monoisotopic (exact) mass is 283 g/mol. The molecule has 1 aromatic carbocycles. The van der Waals surface area contributed by atoms with Crippen molar-refractivity contribution in [1.82, 2.24) is 14.5 Å². The molecule has 0 aliphatic carbocycles. The van der Waals surface area contributed by atoms with Crippen LogP contribution in [0.25, 0.3) is 22.4 Å². The molecule has 0 bridgehead atoms. The molecule has 0 atom stereocenters. The minimum atomic E-state index is -0.888. The van der Waals surface area contributed by atoms with Gasteiger partial charge in [0.15, 0.2) is 5.43 Å². The maximum absolute atomic E-state index is 12.0. The quantitative estimate of drug-likeness (QED) is 0.765. The highest BCUT2D eigenvalue weighted by Gasteiger charge is 2.15. The zero-order valence-electron chi connectivity index (χ0n) is 11.1. The van der Waals surface area contributed by atoms with E-state index in [1.54, 1.807) is 17.0 Å². The molecule has 2 heterocycles. The summed E-state index contributed by atoms with van der Waals surface area (Å²) in [5.41, 5.74) is 1.83. The average molecular weight is 283 g/mol. The molecule has 106 valence electrons. The lowest BCUT2D eigenvalue weighted by molar-refractivity contribution is -0.137. The third-order valence-corrected chi connectivity index (χ3v) is 3.27. The number of carboxylic acid groups (broad SMARTS) is 1. The molecule has 6 heteroatoms. The van der Waals surface area contributed by atoms with Gasteiger partial charge in [-0.2, -0.15) is 0 Å². The molecule has 3 aromatic rings. The number of nitrogens with zero attached hydrogens (tertiary/aromatic N) is 2. The molecule has 0 saturated heterocycles. The Kier molecular flexibility index (Phi) is 3.27. The van der Waals surface area contributed by atoms with Gasteiger partial charge in [0.2, 0.25) is 0 Å². The summed E-state index contributed by atoms with van der Waals surface area (Å²) in [5.74, 6) is -0.403. The summed E-state index contributed by atoms with van der Waals surface area (Å²) in [6, 6.07) is 8.85. The third-order valence-electron chi connectivity index (χ3n) is 3.27. The summed E-state index contributed by atoms with van der Waals surface area (Å²) in [4.78, 5) is 30.2. The first kappa shape index (κ1) is 13.1. The number of aromatic nitrogens is 3. The van der Waals surface area contributed by atoms with Crippen molar-refractivity contribution in [2.24, 2.45) is 0 Å². The Labute approximate surface area is 119 Å². The van der Waals surface area contributed by atoms with E-state index in [1.807, 2.05) is 24.3 Å². The van der Waals surface area contributed by atoms with Crippen LogP contribution in [-0.4, -0.2) is 25.6 Å². The Morgan fingerprint density at radius 3 is 2.86 bits per heavy atom. The molecular formula is C15H13N3O3. The second kappa shape index (κ2) is 5.24. The van der Waals surface area contributed by atoms with Gasteiger partial charge in [0, 0.05) is 25.0 Å². The van der Waals surface area contributed by atoms with Crippen molar-refractivity contribution in [3.05, 3.63) is 52.9 Å². The van der Waals surface area contributed by atoms with Gasteiger partial charge in [-0.3, -0.25) is 9.59 Å². The molecule has 0 saturated carbocycles. The number of carboxylic acids is 1. The number of fused-ring (bicyclic) bond motifs is 1. The number of para-hydroxylation sites is 2. The van der Waals surface area contributed by atoms with E-state index in [2.05, 4.69) is 9.97 Å². The van der Waals surface area contributed by atoms with Crippen LogP contribution in [0.1, 0.15) is 6.42 Å². The second-order valence-electron chi connectivity index (χ2n) is 4.64. The number of aromatic amines is 1. The van der Waals surface area contributed by atoms with Gasteiger partial charge in [-0.25, -0.2) is 4.98 Å². The maximum Gasteiger partial charge on any atom is 0.305 e. The van der Waals surface area contributed by atoms with Crippen LogP contribution in [0.4, 0.5) is 0 Å². The molecule has 2 aromatic heterocycles. The number of imidazole rings is 1. The molecule has 0 fully saturated rings. The number of rotatable bonds is 4. The van der Waals surface area contributed by atoms with Crippen molar-refractivity contribution in [1.29, 1.82) is 0 Å². The number of nitrogens with one attached hydrogen (secondary N) is 1. The summed E-state index contributed by atoms with van der Waals surface area (Å²) in [6.45, 7) is 0.263. The predicted octanol–water partition coefficient (Wildman–Crippen LogP) is 1.87. The Morgan fingerprint density at radius 1 is 1.29 bits per heavy atom. The van der Waals surface area contributed by atoms with E-state index < -0.39 is 5.97 Å². The maximum atomic E-state index is 12.0. The highest BCUT2D eigenvalue weighted by molar-refractivity contribution is 5.80. The van der Waals surface area contributed by atoms with Crippen molar-refractivity contribution >= 4 is 17.0 Å². The Hall–Kier alpha value is -2.89. The van der Waals surface area contributed by atoms with Gasteiger partial charge in [-0.1, -0.05) is 12.1 Å². The van der Waals surface area contributed by atoms with Gasteiger partial charge >= 0.3 is 5.97 Å². The van der Waals surface area contributed by atoms with Crippen molar-refractivity contribution in [2.75, 3.05) is 0 Å². The van der Waals surface area contributed by atoms with Gasteiger partial charge in [0.1, 0.15) is 5.82 Å². The normalized spacial score (nSPS) is 10.9. The molecule has 3 rings (SSSR count). The molecule has 0 unspecified atom stereocenters. The van der Waals surface area contributed by atoms with E-state index in [9.17, 15) is 9.59 Å². The number of benzene rings is 1. The van der Waals surface area contributed by atoms with Crippen molar-refractivity contribution in [2.45, 2.75) is 13.0 Å². The summed E-state index contributed by atoms with van der Waals surface area (Å²) >= 11 is 0. The first-order valence-corrected chi connectivity index (χ1v) is 6.51. The van der Waals surface area contributed by atoms with Gasteiger partial charge in [0.05, 0.1) is 23.0 Å². The number of hydrogen-bond acceptors (Lipinski definition) is 3. The molecule has 0 amide bonds. The smallest absolute Gasteiger partial charge is 0.305 e. The van der Waals surface area contributed by atoms with Crippen LogP contribution in [0.3, 0.4) is 0 Å². The minimum absolute atomic E-state index is 0.0297. The molecule has 21 heavy (non-hydrogen) atoms. The molecule has 0 aliphatic heterocycles. The van der Waals surface area contributed by atoms with Crippen LogP contribution in [0.15, 0.2) is 47.5 Å². The highest BCUT2D eigenvalue weighted by atomic mass is 16.4. The van der Waals surface area contributed by atoms with Crippen LogP contribution in [0.2, 0.25) is 0 Å². The molecule has 0 radical (unpaired) electrons. The SMILES string of the molecule is O=C(O)CCn1c(-c2c[nH]ccc2=O)nc2ccccc21. The molecule has 6 nitrogen and oxygen atoms in total. The summed E-state index contributed by atoms with van der Waals surface area (Å²) < 4.78 is 1.77. The molecule has 0 aliphatic rings. The summed E-state index contributed by atoms with van der Waals surface area (Å²) in [6.07, 6.45) is 3.11. The van der Waals surface area contributed by atoms with E-state index >= 15 is 0 Å². The van der Waals surface area contributed by atoms with E-state index in [-0.39, 0.29) is 18.4 Å². The lowest BCUT2D eigenvalue weighted by atomic mass is 10.2. The standard InChI is InChI=1S/C15H13N3O3/c19-13-5-7-16-9-10(13)15-17-11-3-1-2-4-12(11)18(15)8-6-14(20)21/h1-5,7,9H,6,8H2,(H,16,19)(H,20,21). The Bertz CT molecular complexity index is 864. The van der Waals surface area contributed by atoms with E-state index in [1.165, 1.54) is 6.07 Å². The largest absolute Gasteiger partial charge is 0.481 e. The number of aliphatic carboxylic acids is 1. The third kappa shape index (κ3) is 2.43. The predicted molar refractivity (Wildman–Crippen MR) is 78.0 cm³/mol. The minimum Gasteiger partial charge on any atom is -0.481 e. The number of H-pyrrole nitrogens is 1. The Morgan fingerprint density at radius 2 is 2.10 bits per heavy atom. The molecule has 0 spiro atoms. The van der Waals surface area contributed by atoms with Crippen LogP contribution >= 0.6 is 0 Å². The first-order chi connectivity index (χ1) is 10.2. The number of carbonyl (C=O) groups is 1. The Balaban J connectivity index is 2.21. The zero-order chi connectivity index (χ0) is 14.8. The van der Waals surface area contributed by atoms with Crippen LogP contribution in [0, 0.1) is 0 Å².